The molecular formula is C26H38ClNO6S. The lowest BCUT2D eigenvalue weighted by Gasteiger charge is -2.49. The minimum Gasteiger partial charge on any atom is -0.465 e. The Morgan fingerprint density at radius 2 is 1.86 bits per heavy atom. The van der Waals surface area contributed by atoms with Crippen LogP contribution in [0, 0.1) is 17.3 Å². The molecule has 1 N–H and O–H groups in total. The quantitative estimate of drug-likeness (QED) is 0.364. The second-order valence-electron chi connectivity index (χ2n) is 10.4. The van der Waals surface area contributed by atoms with Crippen LogP contribution in [0.1, 0.15) is 54.9 Å². The van der Waals surface area contributed by atoms with Crippen molar-refractivity contribution >= 4 is 41.2 Å². The molecule has 0 bridgehead atoms. The van der Waals surface area contributed by atoms with E-state index in [9.17, 15) is 14.4 Å². The van der Waals surface area contributed by atoms with Crippen LogP contribution in [-0.2, 0) is 28.6 Å². The number of ether oxygens (including phenoxy) is 3. The number of amides is 1. The largest absolute Gasteiger partial charge is 0.465 e. The molecule has 2 rings (SSSR count). The summed E-state index contributed by atoms with van der Waals surface area (Å²) in [5.41, 5.74) is -0.602. The van der Waals surface area contributed by atoms with Crippen molar-refractivity contribution in [2.45, 2.75) is 83.0 Å². The Kier molecular flexibility index (Phi) is 10.5. The average molecular weight is 528 g/mol. The van der Waals surface area contributed by atoms with E-state index < -0.39 is 34.6 Å². The van der Waals surface area contributed by atoms with Gasteiger partial charge in [-0.3, -0.25) is 14.4 Å². The molecule has 9 heteroatoms. The van der Waals surface area contributed by atoms with E-state index in [2.05, 4.69) is 5.32 Å². The standard InChI is InChI=1S/C26H38ClNO6S/c1-16(15-32-24(31)25(4,5)6)17(2)23-22(28-18(3)29)20(33-21(30)14-27)13-26(7,34-23)35-19-11-9-8-10-12-19/h8-12,16-17,20,22-23H,13-15H2,1-7H3,(H,28,29)/t16-,17-,20-,22-,23?,26+/m1/s1. The Morgan fingerprint density at radius 1 is 1.23 bits per heavy atom. The summed E-state index contributed by atoms with van der Waals surface area (Å²) in [6, 6.07) is 9.24. The fourth-order valence-electron chi connectivity index (χ4n) is 3.98. The van der Waals surface area contributed by atoms with E-state index in [1.165, 1.54) is 18.7 Å². The number of esters is 2. The topological polar surface area (TPSA) is 90.9 Å². The highest BCUT2D eigenvalue weighted by atomic mass is 35.5. The van der Waals surface area contributed by atoms with Crippen molar-refractivity contribution in [1.82, 2.24) is 5.32 Å². The van der Waals surface area contributed by atoms with Crippen LogP contribution in [0.5, 0.6) is 0 Å². The molecule has 1 heterocycles. The number of hydrogen-bond acceptors (Lipinski definition) is 7. The number of benzene rings is 1. The van der Waals surface area contributed by atoms with Crippen molar-refractivity contribution in [2.24, 2.45) is 17.3 Å². The first-order valence-electron chi connectivity index (χ1n) is 11.9. The van der Waals surface area contributed by atoms with E-state index in [4.69, 9.17) is 25.8 Å². The number of halogens is 1. The predicted octanol–water partition coefficient (Wildman–Crippen LogP) is 4.80. The van der Waals surface area contributed by atoms with Gasteiger partial charge < -0.3 is 19.5 Å². The Morgan fingerprint density at radius 3 is 2.40 bits per heavy atom. The van der Waals surface area contributed by atoms with Crippen molar-refractivity contribution in [3.8, 4) is 0 Å². The summed E-state index contributed by atoms with van der Waals surface area (Å²) in [4.78, 5) is 36.9. The normalized spacial score (nSPS) is 26.3. The van der Waals surface area contributed by atoms with Gasteiger partial charge in [0.2, 0.25) is 5.91 Å². The van der Waals surface area contributed by atoms with E-state index in [1.807, 2.05) is 71.9 Å². The molecule has 6 atom stereocenters. The molecule has 1 aliphatic rings. The summed E-state index contributed by atoms with van der Waals surface area (Å²) < 4.78 is 18.0. The van der Waals surface area contributed by atoms with Crippen LogP contribution in [0.2, 0.25) is 0 Å². The summed E-state index contributed by atoms with van der Waals surface area (Å²) in [6.45, 7) is 13.0. The lowest BCUT2D eigenvalue weighted by molar-refractivity contribution is -0.182. The van der Waals surface area contributed by atoms with Gasteiger partial charge in [-0.05, 0) is 51.7 Å². The highest BCUT2D eigenvalue weighted by Gasteiger charge is 2.50. The first-order valence-corrected chi connectivity index (χ1v) is 13.2. The van der Waals surface area contributed by atoms with Crippen molar-refractivity contribution in [1.29, 1.82) is 0 Å². The molecule has 1 saturated heterocycles. The average Bonchev–Trinajstić information content (AvgIpc) is 2.77. The zero-order valence-corrected chi connectivity index (χ0v) is 23.2. The molecule has 1 unspecified atom stereocenters. The lowest BCUT2D eigenvalue weighted by atomic mass is 9.82. The van der Waals surface area contributed by atoms with Gasteiger partial charge in [-0.25, -0.2) is 0 Å². The maximum Gasteiger partial charge on any atom is 0.321 e. The maximum absolute atomic E-state index is 12.3. The third-order valence-electron chi connectivity index (χ3n) is 6.06. The molecular weight excluding hydrogens is 490 g/mol. The summed E-state index contributed by atoms with van der Waals surface area (Å²) in [6.07, 6.45) is -0.793. The van der Waals surface area contributed by atoms with Gasteiger partial charge in [0.1, 0.15) is 16.9 Å². The molecule has 0 aliphatic carbocycles. The number of thioether (sulfide) groups is 1. The van der Waals surface area contributed by atoms with Crippen molar-refractivity contribution < 1.29 is 28.6 Å². The fourth-order valence-corrected chi connectivity index (χ4v) is 5.24. The molecule has 1 aromatic rings. The van der Waals surface area contributed by atoms with Crippen molar-refractivity contribution in [3.05, 3.63) is 30.3 Å². The third kappa shape index (κ3) is 8.69. The summed E-state index contributed by atoms with van der Waals surface area (Å²) >= 11 is 7.27. The van der Waals surface area contributed by atoms with Crippen molar-refractivity contribution in [2.75, 3.05) is 12.5 Å². The van der Waals surface area contributed by atoms with E-state index in [1.54, 1.807) is 0 Å². The first-order chi connectivity index (χ1) is 16.3. The first kappa shape index (κ1) is 29.5. The molecule has 0 saturated carbocycles. The molecule has 1 amide bonds. The zero-order chi connectivity index (χ0) is 26.4. The Bertz CT molecular complexity index is 876. The van der Waals surface area contributed by atoms with Crippen LogP contribution in [0.3, 0.4) is 0 Å². The maximum atomic E-state index is 12.3. The number of hydrogen-bond donors (Lipinski definition) is 1. The molecule has 35 heavy (non-hydrogen) atoms. The highest BCUT2D eigenvalue weighted by molar-refractivity contribution is 8.00. The van der Waals surface area contributed by atoms with Gasteiger partial charge in [0.15, 0.2) is 0 Å². The molecule has 1 fully saturated rings. The van der Waals surface area contributed by atoms with Crippen LogP contribution in [0.25, 0.3) is 0 Å². The molecule has 1 aliphatic heterocycles. The number of rotatable bonds is 9. The van der Waals surface area contributed by atoms with Gasteiger partial charge in [0, 0.05) is 18.2 Å². The minimum absolute atomic E-state index is 0.0870. The van der Waals surface area contributed by atoms with Crippen molar-refractivity contribution in [3.63, 3.8) is 0 Å². The monoisotopic (exact) mass is 527 g/mol. The molecule has 1 aromatic carbocycles. The predicted molar refractivity (Wildman–Crippen MR) is 137 cm³/mol. The summed E-state index contributed by atoms with van der Waals surface area (Å²) in [5.74, 6) is -1.61. The lowest BCUT2D eigenvalue weighted by Crippen LogP contribution is -2.62. The molecule has 0 aromatic heterocycles. The molecule has 7 nitrogen and oxygen atoms in total. The second kappa shape index (κ2) is 12.5. The second-order valence-corrected chi connectivity index (χ2v) is 12.2. The smallest absolute Gasteiger partial charge is 0.321 e. The van der Waals surface area contributed by atoms with Gasteiger partial charge in [0.25, 0.3) is 0 Å². The van der Waals surface area contributed by atoms with E-state index >= 15 is 0 Å². The third-order valence-corrected chi connectivity index (χ3v) is 7.48. The van der Waals surface area contributed by atoms with Crippen LogP contribution in [-0.4, -0.2) is 53.5 Å². The number of carbonyl (C=O) groups is 3. The van der Waals surface area contributed by atoms with E-state index in [0.29, 0.717) is 6.42 Å². The molecule has 0 spiro atoms. The van der Waals surface area contributed by atoms with Gasteiger partial charge in [-0.15, -0.1) is 11.6 Å². The van der Waals surface area contributed by atoms with Gasteiger partial charge in [-0.1, -0.05) is 43.8 Å². The number of alkyl halides is 1. The van der Waals surface area contributed by atoms with Crippen LogP contribution >= 0.6 is 23.4 Å². The van der Waals surface area contributed by atoms with Crippen LogP contribution < -0.4 is 5.32 Å². The molecule has 196 valence electrons. The summed E-state index contributed by atoms with van der Waals surface area (Å²) in [7, 11) is 0. The Balaban J connectivity index is 2.34. The Hall–Kier alpha value is -1.77. The van der Waals surface area contributed by atoms with Gasteiger partial charge in [-0.2, -0.15) is 0 Å². The van der Waals surface area contributed by atoms with Gasteiger partial charge in [0.05, 0.1) is 24.2 Å². The van der Waals surface area contributed by atoms with Crippen LogP contribution in [0.15, 0.2) is 35.2 Å². The number of nitrogens with one attached hydrogen (secondary N) is 1. The zero-order valence-electron chi connectivity index (χ0n) is 21.6. The van der Waals surface area contributed by atoms with E-state index in [0.717, 1.165) is 4.90 Å². The SMILES string of the molecule is CC(=O)N[C@H]1C([C@H](C)[C@H](C)COC(=O)C(C)(C)C)O[C@@](C)(Sc2ccccc2)C[C@H]1OC(=O)CCl. The van der Waals surface area contributed by atoms with Crippen LogP contribution in [0.4, 0.5) is 0 Å². The van der Waals surface area contributed by atoms with Gasteiger partial charge >= 0.3 is 11.9 Å². The van der Waals surface area contributed by atoms with E-state index in [-0.39, 0.29) is 36.2 Å². The highest BCUT2D eigenvalue weighted by Crippen LogP contribution is 2.45. The Labute approximate surface area is 218 Å². The molecule has 0 radical (unpaired) electrons. The number of carbonyl (C=O) groups excluding carboxylic acids is 3. The minimum atomic E-state index is -0.742. The fraction of sp³-hybridized carbons (Fsp3) is 0.654. The summed E-state index contributed by atoms with van der Waals surface area (Å²) in [5, 5.41) is 2.94.